The first kappa shape index (κ1) is 15.2. The average Bonchev–Trinajstić information content (AvgIpc) is 3.31. The Balaban J connectivity index is 1.65. The molecule has 1 saturated heterocycles. The normalized spacial score (nSPS) is 31.6. The van der Waals surface area contributed by atoms with Gasteiger partial charge in [-0.2, -0.15) is 0 Å². The quantitative estimate of drug-likeness (QED) is 0.658. The Kier molecular flexibility index (Phi) is 3.55. The summed E-state index contributed by atoms with van der Waals surface area (Å²) < 4.78 is 5.43. The number of fused-ring (bicyclic) bond motifs is 5. The van der Waals surface area contributed by atoms with E-state index in [9.17, 15) is 14.4 Å². The van der Waals surface area contributed by atoms with Crippen molar-refractivity contribution < 1.29 is 18.8 Å². The van der Waals surface area contributed by atoms with Gasteiger partial charge in [-0.15, -0.1) is 0 Å². The van der Waals surface area contributed by atoms with Gasteiger partial charge in [-0.05, 0) is 37.3 Å². The number of amides is 3. The Bertz CT molecular complexity index is 679. The molecule has 1 aromatic rings. The van der Waals surface area contributed by atoms with E-state index in [-0.39, 0.29) is 47.8 Å². The molecule has 126 valence electrons. The Morgan fingerprint density at radius 1 is 1.29 bits per heavy atom. The lowest BCUT2D eigenvalue weighted by atomic mass is 9.85. The smallest absolute Gasteiger partial charge is 0.234 e. The fourth-order valence-electron chi connectivity index (χ4n) is 4.48. The Labute approximate surface area is 139 Å². The van der Waals surface area contributed by atoms with Gasteiger partial charge in [0.15, 0.2) is 0 Å². The van der Waals surface area contributed by atoms with Crippen LogP contribution >= 0.6 is 0 Å². The number of carbonyl (C=O) groups excluding carboxylic acids is 3. The van der Waals surface area contributed by atoms with E-state index in [1.165, 1.54) is 11.2 Å². The van der Waals surface area contributed by atoms with Gasteiger partial charge in [-0.1, -0.05) is 12.2 Å². The van der Waals surface area contributed by atoms with Crippen LogP contribution in [0.2, 0.25) is 0 Å². The fraction of sp³-hybridized carbons (Fsp3) is 0.500. The molecule has 2 aliphatic carbocycles. The van der Waals surface area contributed by atoms with Crippen molar-refractivity contribution in [1.82, 2.24) is 10.2 Å². The number of hydrogen-bond acceptors (Lipinski definition) is 4. The molecule has 3 aliphatic rings. The van der Waals surface area contributed by atoms with Crippen LogP contribution in [0.5, 0.6) is 0 Å². The molecule has 2 heterocycles. The van der Waals surface area contributed by atoms with Crippen molar-refractivity contribution in [3.05, 3.63) is 36.3 Å². The number of likely N-dealkylation sites (tertiary alicyclic amines) is 1. The lowest BCUT2D eigenvalue weighted by Crippen LogP contribution is -2.39. The van der Waals surface area contributed by atoms with E-state index in [0.717, 1.165) is 6.42 Å². The van der Waals surface area contributed by atoms with E-state index in [1.807, 2.05) is 6.92 Å². The molecule has 3 amide bonds. The molecule has 0 spiro atoms. The van der Waals surface area contributed by atoms with Crippen LogP contribution in [0.1, 0.15) is 31.6 Å². The number of nitrogens with one attached hydrogen (secondary N) is 1. The van der Waals surface area contributed by atoms with Crippen LogP contribution in [0.25, 0.3) is 0 Å². The van der Waals surface area contributed by atoms with E-state index in [2.05, 4.69) is 17.5 Å². The third-order valence-electron chi connectivity index (χ3n) is 5.44. The standard InChI is InChI=1S/C18H20N2O4/c1-2-19-14(21)9-12(13-4-3-7-24-13)20-17(22)15-10-5-6-11(8-10)16(15)18(20)23/h3-7,10-12,15-16H,2,8-9H2,1H3,(H,19,21). The Morgan fingerprint density at radius 3 is 2.50 bits per heavy atom. The van der Waals surface area contributed by atoms with Crippen molar-refractivity contribution in [2.45, 2.75) is 25.8 Å². The molecule has 1 saturated carbocycles. The predicted molar refractivity (Wildman–Crippen MR) is 84.3 cm³/mol. The monoisotopic (exact) mass is 328 g/mol. The highest BCUT2D eigenvalue weighted by Gasteiger charge is 2.60. The molecular formula is C18H20N2O4. The van der Waals surface area contributed by atoms with Crippen LogP contribution in [0.15, 0.2) is 35.0 Å². The largest absolute Gasteiger partial charge is 0.467 e. The molecule has 5 atom stereocenters. The highest BCUT2D eigenvalue weighted by Crippen LogP contribution is 2.54. The summed E-state index contributed by atoms with van der Waals surface area (Å²) in [5.41, 5.74) is 0. The highest BCUT2D eigenvalue weighted by atomic mass is 16.3. The maximum absolute atomic E-state index is 13.0. The molecule has 6 heteroatoms. The third kappa shape index (κ3) is 2.12. The van der Waals surface area contributed by atoms with Gasteiger partial charge in [-0.3, -0.25) is 19.3 Å². The van der Waals surface area contributed by atoms with Gasteiger partial charge in [0.1, 0.15) is 11.8 Å². The van der Waals surface area contributed by atoms with E-state index in [4.69, 9.17) is 4.42 Å². The van der Waals surface area contributed by atoms with Crippen molar-refractivity contribution in [3.8, 4) is 0 Å². The lowest BCUT2D eigenvalue weighted by Gasteiger charge is -2.26. The van der Waals surface area contributed by atoms with Crippen LogP contribution in [0.4, 0.5) is 0 Å². The second-order valence-corrected chi connectivity index (χ2v) is 6.74. The van der Waals surface area contributed by atoms with Gasteiger partial charge >= 0.3 is 0 Å². The van der Waals surface area contributed by atoms with E-state index < -0.39 is 6.04 Å². The minimum atomic E-state index is -0.670. The number of furan rings is 1. The third-order valence-corrected chi connectivity index (χ3v) is 5.44. The molecule has 0 aromatic carbocycles. The van der Waals surface area contributed by atoms with Gasteiger partial charge in [0.05, 0.1) is 24.5 Å². The topological polar surface area (TPSA) is 79.6 Å². The molecule has 1 N–H and O–H groups in total. The minimum absolute atomic E-state index is 0.0288. The molecular weight excluding hydrogens is 308 g/mol. The van der Waals surface area contributed by atoms with Crippen LogP contribution in [0.3, 0.4) is 0 Å². The van der Waals surface area contributed by atoms with Crippen LogP contribution in [-0.4, -0.2) is 29.2 Å². The summed E-state index contributed by atoms with van der Waals surface area (Å²) in [4.78, 5) is 39.3. The van der Waals surface area contributed by atoms with Gasteiger partial charge in [0.2, 0.25) is 17.7 Å². The molecule has 0 radical (unpaired) electrons. The number of carbonyl (C=O) groups is 3. The van der Waals surface area contributed by atoms with Gasteiger partial charge in [0.25, 0.3) is 0 Å². The zero-order valence-electron chi connectivity index (χ0n) is 13.5. The van der Waals surface area contributed by atoms with Crippen molar-refractivity contribution in [3.63, 3.8) is 0 Å². The molecule has 24 heavy (non-hydrogen) atoms. The number of rotatable bonds is 5. The number of hydrogen-bond donors (Lipinski definition) is 1. The average molecular weight is 328 g/mol. The van der Waals surface area contributed by atoms with E-state index >= 15 is 0 Å². The maximum atomic E-state index is 13.0. The summed E-state index contributed by atoms with van der Waals surface area (Å²) in [6, 6.07) is 2.75. The molecule has 1 aromatic heterocycles. The predicted octanol–water partition coefficient (Wildman–Crippen LogP) is 1.65. The number of allylic oxidation sites excluding steroid dienone is 2. The molecule has 1 aliphatic heterocycles. The SMILES string of the molecule is CCNC(=O)CC(c1ccco1)N1C(=O)C2C3C=CC(C3)C2C1=O. The van der Waals surface area contributed by atoms with E-state index in [0.29, 0.717) is 12.3 Å². The molecule has 2 bridgehead atoms. The highest BCUT2D eigenvalue weighted by molar-refractivity contribution is 6.07. The Hall–Kier alpha value is -2.37. The van der Waals surface area contributed by atoms with Crippen molar-refractivity contribution in [2.75, 3.05) is 6.54 Å². The Morgan fingerprint density at radius 2 is 1.96 bits per heavy atom. The second kappa shape index (κ2) is 5.61. The zero-order valence-corrected chi connectivity index (χ0v) is 13.5. The number of nitrogens with zero attached hydrogens (tertiary/aromatic N) is 1. The van der Waals surface area contributed by atoms with Crippen LogP contribution < -0.4 is 5.32 Å². The first-order valence-electron chi connectivity index (χ1n) is 8.47. The van der Waals surface area contributed by atoms with Gasteiger partial charge < -0.3 is 9.73 Å². The summed E-state index contributed by atoms with van der Waals surface area (Å²) in [5.74, 6) is -0.259. The maximum Gasteiger partial charge on any atom is 0.234 e. The zero-order chi connectivity index (χ0) is 16.8. The summed E-state index contributed by atoms with van der Waals surface area (Å²) in [6.45, 7) is 2.34. The molecule has 6 nitrogen and oxygen atoms in total. The first-order chi connectivity index (χ1) is 11.6. The summed E-state index contributed by atoms with van der Waals surface area (Å²) in [6.07, 6.45) is 6.54. The molecule has 2 fully saturated rings. The van der Waals surface area contributed by atoms with Gasteiger partial charge in [0, 0.05) is 6.54 Å². The van der Waals surface area contributed by atoms with Crippen molar-refractivity contribution in [1.29, 1.82) is 0 Å². The second-order valence-electron chi connectivity index (χ2n) is 6.74. The van der Waals surface area contributed by atoms with Crippen molar-refractivity contribution >= 4 is 17.7 Å². The summed E-state index contributed by atoms with van der Waals surface area (Å²) >= 11 is 0. The molecule has 4 rings (SSSR count). The van der Waals surface area contributed by atoms with Crippen LogP contribution in [0, 0.1) is 23.7 Å². The molecule has 5 unspecified atom stereocenters. The van der Waals surface area contributed by atoms with Gasteiger partial charge in [-0.25, -0.2) is 0 Å². The lowest BCUT2D eigenvalue weighted by molar-refractivity contribution is -0.144. The van der Waals surface area contributed by atoms with Crippen molar-refractivity contribution in [2.24, 2.45) is 23.7 Å². The number of imide groups is 1. The van der Waals surface area contributed by atoms with E-state index in [1.54, 1.807) is 12.1 Å². The summed E-state index contributed by atoms with van der Waals surface area (Å²) in [5, 5.41) is 2.73. The first-order valence-corrected chi connectivity index (χ1v) is 8.47. The fourth-order valence-corrected chi connectivity index (χ4v) is 4.48. The summed E-state index contributed by atoms with van der Waals surface area (Å²) in [7, 11) is 0. The minimum Gasteiger partial charge on any atom is -0.467 e. The van der Waals surface area contributed by atoms with Crippen LogP contribution in [-0.2, 0) is 14.4 Å².